The van der Waals surface area contributed by atoms with Crippen LogP contribution in [-0.4, -0.2) is 32.4 Å². The van der Waals surface area contributed by atoms with Crippen LogP contribution in [0.3, 0.4) is 0 Å². The molecule has 0 heterocycles. The van der Waals surface area contributed by atoms with Gasteiger partial charge in [-0.3, -0.25) is 9.59 Å². The van der Waals surface area contributed by atoms with Gasteiger partial charge in [-0.05, 0) is 63.8 Å². The predicted molar refractivity (Wildman–Crippen MR) is 103 cm³/mol. The van der Waals surface area contributed by atoms with Crippen molar-refractivity contribution in [2.24, 2.45) is 5.92 Å². The molecule has 2 atom stereocenters. The maximum absolute atomic E-state index is 12.2. The highest BCUT2D eigenvalue weighted by Crippen LogP contribution is 2.21. The van der Waals surface area contributed by atoms with Gasteiger partial charge in [0, 0.05) is 11.7 Å². The first-order valence-electron chi connectivity index (χ1n) is 8.97. The summed E-state index contributed by atoms with van der Waals surface area (Å²) >= 11 is 0. The number of rotatable bonds is 8. The van der Waals surface area contributed by atoms with Crippen molar-refractivity contribution in [2.45, 2.75) is 57.1 Å². The van der Waals surface area contributed by atoms with Gasteiger partial charge in [0.05, 0.1) is 11.3 Å². The summed E-state index contributed by atoms with van der Waals surface area (Å²) in [5.41, 5.74) is 0.421. The minimum absolute atomic E-state index is 0.110. The first kappa shape index (κ1) is 21.1. The van der Waals surface area contributed by atoms with Crippen molar-refractivity contribution in [1.82, 2.24) is 4.72 Å². The first-order valence-corrected chi connectivity index (χ1v) is 10.4. The number of hydrogen-bond acceptors (Lipinski definition) is 5. The van der Waals surface area contributed by atoms with Crippen molar-refractivity contribution in [1.29, 1.82) is 0 Å². The maximum atomic E-state index is 12.2. The molecule has 0 bridgehead atoms. The molecule has 7 nitrogen and oxygen atoms in total. The molecule has 0 aromatic heterocycles. The number of esters is 1. The minimum atomic E-state index is -3.59. The molecular weight excluding hydrogens is 368 g/mol. The number of carbonyl (C=O) groups excluding carboxylic acids is 2. The SMILES string of the molecule is CC(C)NS(=O)(=O)c1ccc(NC(=O)[C@H](C)OC(=O)C[C@@H]2C=CCC2)cc1. The van der Waals surface area contributed by atoms with Gasteiger partial charge < -0.3 is 10.1 Å². The van der Waals surface area contributed by atoms with Crippen molar-refractivity contribution in [3.8, 4) is 0 Å². The molecule has 148 valence electrons. The van der Waals surface area contributed by atoms with Gasteiger partial charge in [0.25, 0.3) is 5.91 Å². The molecule has 0 aliphatic heterocycles. The lowest BCUT2D eigenvalue weighted by Gasteiger charge is -2.15. The Labute approximate surface area is 160 Å². The zero-order chi connectivity index (χ0) is 20.0. The van der Waals surface area contributed by atoms with Crippen LogP contribution in [0.2, 0.25) is 0 Å². The second-order valence-corrected chi connectivity index (χ2v) is 8.61. The molecule has 0 saturated heterocycles. The Balaban J connectivity index is 1.89. The fraction of sp³-hybridized carbons (Fsp3) is 0.474. The lowest BCUT2D eigenvalue weighted by atomic mass is 10.1. The zero-order valence-corrected chi connectivity index (χ0v) is 16.6. The van der Waals surface area contributed by atoms with E-state index in [-0.39, 0.29) is 23.3 Å². The summed E-state index contributed by atoms with van der Waals surface area (Å²) in [6.07, 6.45) is 5.26. The highest BCUT2D eigenvalue weighted by Gasteiger charge is 2.21. The van der Waals surface area contributed by atoms with E-state index in [1.165, 1.54) is 31.2 Å². The van der Waals surface area contributed by atoms with Crippen molar-refractivity contribution in [3.05, 3.63) is 36.4 Å². The monoisotopic (exact) mass is 394 g/mol. The van der Waals surface area contributed by atoms with E-state index >= 15 is 0 Å². The molecule has 1 aromatic carbocycles. The largest absolute Gasteiger partial charge is 0.453 e. The van der Waals surface area contributed by atoms with Crippen LogP contribution in [0.4, 0.5) is 5.69 Å². The molecule has 0 saturated carbocycles. The summed E-state index contributed by atoms with van der Waals surface area (Å²) in [5.74, 6) is -0.696. The first-order chi connectivity index (χ1) is 12.7. The smallest absolute Gasteiger partial charge is 0.307 e. The molecule has 2 rings (SSSR count). The molecule has 1 aromatic rings. The van der Waals surface area contributed by atoms with Crippen LogP contribution in [0.15, 0.2) is 41.3 Å². The summed E-state index contributed by atoms with van der Waals surface area (Å²) < 4.78 is 31.8. The number of anilines is 1. The Morgan fingerprint density at radius 2 is 1.85 bits per heavy atom. The van der Waals surface area contributed by atoms with Crippen LogP contribution >= 0.6 is 0 Å². The molecule has 8 heteroatoms. The van der Waals surface area contributed by atoms with Crippen molar-refractivity contribution >= 4 is 27.6 Å². The number of ether oxygens (including phenoxy) is 1. The van der Waals surface area contributed by atoms with E-state index in [0.717, 1.165) is 12.8 Å². The molecule has 1 aliphatic rings. The van der Waals surface area contributed by atoms with Crippen LogP contribution in [0.25, 0.3) is 0 Å². The van der Waals surface area contributed by atoms with Crippen LogP contribution in [0.1, 0.15) is 40.0 Å². The topological polar surface area (TPSA) is 102 Å². The summed E-state index contributed by atoms with van der Waals surface area (Å²) in [4.78, 5) is 24.2. The van der Waals surface area contributed by atoms with Gasteiger partial charge in [0.2, 0.25) is 10.0 Å². The van der Waals surface area contributed by atoms with Gasteiger partial charge in [-0.15, -0.1) is 0 Å². The van der Waals surface area contributed by atoms with Crippen LogP contribution in [0.5, 0.6) is 0 Å². The van der Waals surface area contributed by atoms with E-state index < -0.39 is 28.0 Å². The van der Waals surface area contributed by atoms with Gasteiger partial charge in [0.1, 0.15) is 0 Å². The van der Waals surface area contributed by atoms with Crippen molar-refractivity contribution in [3.63, 3.8) is 0 Å². The number of allylic oxidation sites excluding steroid dienone is 2. The quantitative estimate of drug-likeness (QED) is 0.521. The summed E-state index contributed by atoms with van der Waals surface area (Å²) in [6.45, 7) is 4.97. The van der Waals surface area contributed by atoms with Gasteiger partial charge >= 0.3 is 5.97 Å². The van der Waals surface area contributed by atoms with Gasteiger partial charge in [-0.1, -0.05) is 12.2 Å². The van der Waals surface area contributed by atoms with Gasteiger partial charge in [-0.25, -0.2) is 13.1 Å². The lowest BCUT2D eigenvalue weighted by Crippen LogP contribution is -2.31. The molecular formula is C19H26N2O5S. The van der Waals surface area contributed by atoms with E-state index in [4.69, 9.17) is 4.74 Å². The van der Waals surface area contributed by atoms with Crippen LogP contribution in [-0.2, 0) is 24.3 Å². The molecule has 27 heavy (non-hydrogen) atoms. The second kappa shape index (κ2) is 9.14. The van der Waals surface area contributed by atoms with Crippen LogP contribution < -0.4 is 10.0 Å². The number of carbonyl (C=O) groups is 2. The average Bonchev–Trinajstić information content (AvgIpc) is 3.06. The van der Waals surface area contributed by atoms with E-state index in [1.54, 1.807) is 13.8 Å². The Morgan fingerprint density at radius 3 is 2.41 bits per heavy atom. The molecule has 0 unspecified atom stereocenters. The molecule has 2 N–H and O–H groups in total. The summed E-state index contributed by atoms with van der Waals surface area (Å²) in [7, 11) is -3.59. The minimum Gasteiger partial charge on any atom is -0.453 e. The van der Waals surface area contributed by atoms with E-state index in [2.05, 4.69) is 10.0 Å². The van der Waals surface area contributed by atoms with Crippen molar-refractivity contribution < 1.29 is 22.7 Å². The van der Waals surface area contributed by atoms with E-state index in [1.807, 2.05) is 12.2 Å². The Kier molecular flexibility index (Phi) is 7.15. The van der Waals surface area contributed by atoms with Crippen molar-refractivity contribution in [2.75, 3.05) is 5.32 Å². The third kappa shape index (κ3) is 6.48. The Hall–Kier alpha value is -2.19. The van der Waals surface area contributed by atoms with Crippen LogP contribution in [0, 0.1) is 5.92 Å². The number of sulfonamides is 1. The average molecular weight is 394 g/mol. The summed E-state index contributed by atoms with van der Waals surface area (Å²) in [6, 6.07) is 5.58. The highest BCUT2D eigenvalue weighted by molar-refractivity contribution is 7.89. The molecule has 0 spiro atoms. The fourth-order valence-electron chi connectivity index (χ4n) is 2.72. The summed E-state index contributed by atoms with van der Waals surface area (Å²) in [5, 5.41) is 2.61. The second-order valence-electron chi connectivity index (χ2n) is 6.89. The highest BCUT2D eigenvalue weighted by atomic mass is 32.2. The zero-order valence-electron chi connectivity index (χ0n) is 15.8. The van der Waals surface area contributed by atoms with E-state index in [9.17, 15) is 18.0 Å². The van der Waals surface area contributed by atoms with Gasteiger partial charge in [-0.2, -0.15) is 0 Å². The Morgan fingerprint density at radius 1 is 1.19 bits per heavy atom. The normalized spacial score (nSPS) is 17.7. The predicted octanol–water partition coefficient (Wildman–Crippen LogP) is 2.60. The maximum Gasteiger partial charge on any atom is 0.307 e. The standard InChI is InChI=1S/C19H26N2O5S/c1-13(2)21-27(24,25)17-10-8-16(9-11-17)20-19(23)14(3)26-18(22)12-15-6-4-5-7-15/h4,6,8-11,13-15,21H,5,7,12H2,1-3H3,(H,20,23)/t14-,15+/m0/s1. The van der Waals surface area contributed by atoms with Gasteiger partial charge in [0.15, 0.2) is 6.10 Å². The Bertz CT molecular complexity index is 800. The number of nitrogens with one attached hydrogen (secondary N) is 2. The number of benzene rings is 1. The fourth-order valence-corrected chi connectivity index (χ4v) is 3.97. The lowest BCUT2D eigenvalue weighted by molar-refractivity contribution is -0.153. The molecule has 0 radical (unpaired) electrons. The number of amides is 1. The van der Waals surface area contributed by atoms with E-state index in [0.29, 0.717) is 5.69 Å². The number of hydrogen-bond donors (Lipinski definition) is 2. The molecule has 1 amide bonds. The third-order valence-corrected chi connectivity index (χ3v) is 5.72. The molecule has 1 aliphatic carbocycles. The third-order valence-electron chi connectivity index (χ3n) is 4.04. The molecule has 0 fully saturated rings.